The van der Waals surface area contributed by atoms with Crippen LogP contribution in [0.25, 0.3) is 0 Å². The van der Waals surface area contributed by atoms with Crippen molar-refractivity contribution in [3.8, 4) is 11.5 Å². The zero-order valence-electron chi connectivity index (χ0n) is 11.0. The molecule has 1 aromatic carbocycles. The maximum Gasteiger partial charge on any atom is 0.257 e. The van der Waals surface area contributed by atoms with Gasteiger partial charge in [-0.15, -0.1) is 0 Å². The van der Waals surface area contributed by atoms with Gasteiger partial charge in [-0.3, -0.25) is 4.79 Å². The number of carbonyl (C=O) groups is 1. The van der Waals surface area contributed by atoms with Crippen molar-refractivity contribution in [3.63, 3.8) is 0 Å². The zero-order chi connectivity index (χ0) is 14.0. The molecule has 4 N–H and O–H groups in total. The van der Waals surface area contributed by atoms with Gasteiger partial charge in [-0.25, -0.2) is 0 Å². The first-order chi connectivity index (χ1) is 8.99. The van der Waals surface area contributed by atoms with Crippen LogP contribution in [-0.2, 0) is 0 Å². The van der Waals surface area contributed by atoms with Gasteiger partial charge in [-0.2, -0.15) is 0 Å². The van der Waals surface area contributed by atoms with Gasteiger partial charge in [0.25, 0.3) is 5.91 Å². The molecule has 5 heteroatoms. The molecular weight excluding hydrogens is 244 g/mol. The van der Waals surface area contributed by atoms with E-state index in [4.69, 9.17) is 5.73 Å². The van der Waals surface area contributed by atoms with Gasteiger partial charge in [0.05, 0.1) is 5.56 Å². The van der Waals surface area contributed by atoms with Crippen LogP contribution >= 0.6 is 0 Å². The predicted molar refractivity (Wildman–Crippen MR) is 72.0 cm³/mol. The molecule has 1 aliphatic rings. The van der Waals surface area contributed by atoms with E-state index in [1.807, 2.05) is 6.92 Å². The highest BCUT2D eigenvalue weighted by Gasteiger charge is 2.26. The molecule has 1 fully saturated rings. The molecule has 2 rings (SSSR count). The minimum atomic E-state index is -0.239. The van der Waals surface area contributed by atoms with E-state index in [2.05, 4.69) is 0 Å². The number of rotatable bonds is 2. The van der Waals surface area contributed by atoms with Gasteiger partial charge in [0.1, 0.15) is 11.5 Å². The molecule has 0 aromatic heterocycles. The second kappa shape index (κ2) is 5.48. The number of carbonyl (C=O) groups excluding carboxylic acids is 1. The molecule has 104 valence electrons. The van der Waals surface area contributed by atoms with E-state index in [0.717, 1.165) is 12.8 Å². The Kier molecular flexibility index (Phi) is 3.95. The Balaban J connectivity index is 2.07. The van der Waals surface area contributed by atoms with Gasteiger partial charge < -0.3 is 20.8 Å². The SMILES string of the molecule is CC(N)C1CCN(C(=O)c2cc(O)ccc2O)CC1. The Bertz CT molecular complexity index is 466. The highest BCUT2D eigenvalue weighted by atomic mass is 16.3. The van der Waals surface area contributed by atoms with E-state index < -0.39 is 0 Å². The summed E-state index contributed by atoms with van der Waals surface area (Å²) < 4.78 is 0. The van der Waals surface area contributed by atoms with Gasteiger partial charge in [-0.05, 0) is 43.9 Å². The first-order valence-corrected chi connectivity index (χ1v) is 6.56. The van der Waals surface area contributed by atoms with Crippen molar-refractivity contribution in [2.75, 3.05) is 13.1 Å². The van der Waals surface area contributed by atoms with E-state index in [-0.39, 0.29) is 29.0 Å². The van der Waals surface area contributed by atoms with Gasteiger partial charge in [0, 0.05) is 19.1 Å². The summed E-state index contributed by atoms with van der Waals surface area (Å²) in [6, 6.07) is 4.13. The lowest BCUT2D eigenvalue weighted by Gasteiger charge is -2.33. The minimum Gasteiger partial charge on any atom is -0.508 e. The third kappa shape index (κ3) is 2.98. The predicted octanol–water partition coefficient (Wildman–Crippen LogP) is 1.30. The number of nitrogens with two attached hydrogens (primary N) is 1. The second-order valence-electron chi connectivity index (χ2n) is 5.19. The summed E-state index contributed by atoms with van der Waals surface area (Å²) in [7, 11) is 0. The topological polar surface area (TPSA) is 86.8 Å². The molecular formula is C14H20N2O3. The molecule has 19 heavy (non-hydrogen) atoms. The quantitative estimate of drug-likeness (QED) is 0.703. The second-order valence-corrected chi connectivity index (χ2v) is 5.19. The normalized spacial score (nSPS) is 18.3. The van der Waals surface area contributed by atoms with Crippen LogP contribution in [0.2, 0.25) is 0 Å². The number of benzene rings is 1. The number of aromatic hydroxyl groups is 2. The molecule has 0 saturated carbocycles. The van der Waals surface area contributed by atoms with E-state index >= 15 is 0 Å². The third-order valence-electron chi connectivity index (χ3n) is 3.78. The average molecular weight is 264 g/mol. The van der Waals surface area contributed by atoms with Gasteiger partial charge in [-0.1, -0.05) is 0 Å². The molecule has 1 unspecified atom stereocenters. The van der Waals surface area contributed by atoms with Crippen LogP contribution in [0.15, 0.2) is 18.2 Å². The van der Waals surface area contributed by atoms with Crippen LogP contribution in [0.3, 0.4) is 0 Å². The van der Waals surface area contributed by atoms with Crippen LogP contribution in [0.1, 0.15) is 30.1 Å². The van der Waals surface area contributed by atoms with Crippen molar-refractivity contribution in [2.45, 2.75) is 25.8 Å². The monoisotopic (exact) mass is 264 g/mol. The fraction of sp³-hybridized carbons (Fsp3) is 0.500. The molecule has 0 radical (unpaired) electrons. The standard InChI is InChI=1S/C14H20N2O3/c1-9(15)10-4-6-16(7-5-10)14(19)12-8-11(17)2-3-13(12)18/h2-3,8-10,17-18H,4-7,15H2,1H3. The number of phenolic OH excluding ortho intramolecular Hbond substituents is 2. The number of phenols is 2. The van der Waals surface area contributed by atoms with Crippen molar-refractivity contribution in [1.29, 1.82) is 0 Å². The number of hydrogen-bond donors (Lipinski definition) is 3. The first kappa shape index (κ1) is 13.7. The number of likely N-dealkylation sites (tertiary alicyclic amines) is 1. The number of piperidine rings is 1. The zero-order valence-corrected chi connectivity index (χ0v) is 11.0. The Morgan fingerprint density at radius 3 is 2.58 bits per heavy atom. The van der Waals surface area contributed by atoms with Crippen molar-refractivity contribution >= 4 is 5.91 Å². The average Bonchev–Trinajstić information content (AvgIpc) is 2.41. The molecule has 5 nitrogen and oxygen atoms in total. The van der Waals surface area contributed by atoms with E-state index in [1.165, 1.54) is 18.2 Å². The smallest absolute Gasteiger partial charge is 0.257 e. The molecule has 1 heterocycles. The molecule has 1 atom stereocenters. The molecule has 0 aliphatic carbocycles. The van der Waals surface area contributed by atoms with Crippen LogP contribution in [-0.4, -0.2) is 40.2 Å². The van der Waals surface area contributed by atoms with Gasteiger partial charge in [0.2, 0.25) is 0 Å². The fourth-order valence-corrected chi connectivity index (χ4v) is 2.49. The Hall–Kier alpha value is -1.75. The van der Waals surface area contributed by atoms with Crippen LogP contribution in [0.4, 0.5) is 0 Å². The van der Waals surface area contributed by atoms with Crippen molar-refractivity contribution in [3.05, 3.63) is 23.8 Å². The van der Waals surface area contributed by atoms with Crippen molar-refractivity contribution in [2.24, 2.45) is 11.7 Å². The Morgan fingerprint density at radius 1 is 1.37 bits per heavy atom. The van der Waals surface area contributed by atoms with Gasteiger partial charge in [0.15, 0.2) is 0 Å². The molecule has 1 saturated heterocycles. The van der Waals surface area contributed by atoms with E-state index in [9.17, 15) is 15.0 Å². The number of hydrogen-bond acceptors (Lipinski definition) is 4. The minimum absolute atomic E-state index is 0.0217. The van der Waals surface area contributed by atoms with Gasteiger partial charge >= 0.3 is 0 Å². The summed E-state index contributed by atoms with van der Waals surface area (Å²) in [6.07, 6.45) is 1.76. The summed E-state index contributed by atoms with van der Waals surface area (Å²) >= 11 is 0. The Labute approximate surface area is 112 Å². The lowest BCUT2D eigenvalue weighted by Crippen LogP contribution is -2.42. The van der Waals surface area contributed by atoms with Crippen LogP contribution in [0.5, 0.6) is 11.5 Å². The van der Waals surface area contributed by atoms with Crippen molar-refractivity contribution < 1.29 is 15.0 Å². The van der Waals surface area contributed by atoms with Crippen molar-refractivity contribution in [1.82, 2.24) is 4.90 Å². The summed E-state index contributed by atoms with van der Waals surface area (Å²) in [5.74, 6) is 0.0853. The Morgan fingerprint density at radius 2 is 2.00 bits per heavy atom. The lowest BCUT2D eigenvalue weighted by molar-refractivity contribution is 0.0677. The molecule has 0 spiro atoms. The maximum atomic E-state index is 12.3. The molecule has 1 aromatic rings. The third-order valence-corrected chi connectivity index (χ3v) is 3.78. The van der Waals surface area contributed by atoms with E-state index in [1.54, 1.807) is 4.90 Å². The van der Waals surface area contributed by atoms with Crippen LogP contribution < -0.4 is 5.73 Å². The summed E-state index contributed by atoms with van der Waals surface area (Å²) in [5, 5.41) is 19.1. The molecule has 1 aliphatic heterocycles. The largest absolute Gasteiger partial charge is 0.508 e. The number of nitrogens with zero attached hydrogens (tertiary/aromatic N) is 1. The highest BCUT2D eigenvalue weighted by Crippen LogP contribution is 2.26. The summed E-state index contributed by atoms with van der Waals surface area (Å²) in [6.45, 7) is 3.27. The first-order valence-electron chi connectivity index (χ1n) is 6.56. The lowest BCUT2D eigenvalue weighted by atomic mass is 9.90. The highest BCUT2D eigenvalue weighted by molar-refractivity contribution is 5.97. The fourth-order valence-electron chi connectivity index (χ4n) is 2.49. The molecule has 0 bridgehead atoms. The van der Waals surface area contributed by atoms with E-state index in [0.29, 0.717) is 19.0 Å². The summed E-state index contributed by atoms with van der Waals surface area (Å²) in [5.41, 5.74) is 6.02. The molecule has 1 amide bonds. The summed E-state index contributed by atoms with van der Waals surface area (Å²) in [4.78, 5) is 14.0. The van der Waals surface area contributed by atoms with Crippen LogP contribution in [0, 0.1) is 5.92 Å². The number of amides is 1. The maximum absolute atomic E-state index is 12.3.